The van der Waals surface area contributed by atoms with Crippen molar-refractivity contribution in [1.29, 1.82) is 0 Å². The summed E-state index contributed by atoms with van der Waals surface area (Å²) in [6.07, 6.45) is 9.76. The van der Waals surface area contributed by atoms with E-state index in [4.69, 9.17) is 16.0 Å². The Labute approximate surface area is 345 Å². The van der Waals surface area contributed by atoms with Crippen molar-refractivity contribution >= 4 is 62.0 Å². The average molecular weight is 771 g/mol. The molecule has 3 aliphatic carbocycles. The van der Waals surface area contributed by atoms with Crippen LogP contribution in [0, 0.1) is 0 Å². The van der Waals surface area contributed by atoms with Crippen molar-refractivity contribution in [3.05, 3.63) is 197 Å². The van der Waals surface area contributed by atoms with E-state index in [1.807, 2.05) is 18.2 Å². The van der Waals surface area contributed by atoms with Crippen LogP contribution in [0.3, 0.4) is 0 Å². The number of hydrogen-bond acceptors (Lipinski definition) is 3. The lowest BCUT2D eigenvalue weighted by Gasteiger charge is -2.38. The summed E-state index contributed by atoms with van der Waals surface area (Å²) in [4.78, 5) is 5.02. The van der Waals surface area contributed by atoms with Crippen molar-refractivity contribution in [2.24, 2.45) is 0 Å². The molecular weight excluding hydrogens is 728 g/mol. The molecule has 11 rings (SSSR count). The normalized spacial score (nSPS) is 16.6. The molecule has 1 atom stereocenters. The van der Waals surface area contributed by atoms with Crippen molar-refractivity contribution in [2.45, 2.75) is 51.0 Å². The quantitative estimate of drug-likeness (QED) is 0.168. The number of nitrogens with zero attached hydrogens (tertiary/aromatic N) is 2. The Morgan fingerprint density at radius 3 is 2.02 bits per heavy atom. The molecule has 0 N–H and O–H groups in total. The maximum atomic E-state index is 7.07. The van der Waals surface area contributed by atoms with E-state index < -0.39 is 0 Å². The van der Waals surface area contributed by atoms with Crippen molar-refractivity contribution in [3.8, 4) is 22.3 Å². The molecule has 0 fully saturated rings. The number of allylic oxidation sites excluding steroid dienone is 2. The minimum absolute atomic E-state index is 0.0632. The zero-order valence-corrected chi connectivity index (χ0v) is 33.9. The molecular formula is C54H43ClN2O. The topological polar surface area (TPSA) is 19.6 Å². The Morgan fingerprint density at radius 1 is 0.552 bits per heavy atom. The van der Waals surface area contributed by atoms with E-state index >= 15 is 0 Å². The first-order chi connectivity index (χ1) is 28.2. The van der Waals surface area contributed by atoms with Crippen LogP contribution in [0.25, 0.3) is 44.2 Å². The third-order valence-electron chi connectivity index (χ3n) is 13.0. The lowest BCUT2D eigenvalue weighted by Crippen LogP contribution is -2.31. The number of rotatable bonds is 6. The first kappa shape index (κ1) is 34.9. The largest absolute Gasteiger partial charge is 0.456 e. The molecule has 0 aliphatic heterocycles. The number of furan rings is 1. The maximum absolute atomic E-state index is 7.07. The van der Waals surface area contributed by atoms with E-state index in [9.17, 15) is 0 Å². The molecule has 0 bridgehead atoms. The summed E-state index contributed by atoms with van der Waals surface area (Å²) in [6.45, 7) is 9.46. The number of halogens is 1. The summed E-state index contributed by atoms with van der Waals surface area (Å²) in [6, 6.07) is 53.2. The minimum Gasteiger partial charge on any atom is -0.456 e. The molecule has 8 aromatic rings. The molecule has 1 aromatic heterocycles. The number of hydrogen-bond donors (Lipinski definition) is 0. The Hall–Kier alpha value is -6.29. The van der Waals surface area contributed by atoms with Crippen molar-refractivity contribution in [1.82, 2.24) is 0 Å². The van der Waals surface area contributed by atoms with E-state index in [1.165, 1.54) is 44.5 Å². The monoisotopic (exact) mass is 770 g/mol. The van der Waals surface area contributed by atoms with Gasteiger partial charge in [0.1, 0.15) is 11.2 Å². The fourth-order valence-corrected chi connectivity index (χ4v) is 10.6. The second kappa shape index (κ2) is 12.9. The van der Waals surface area contributed by atoms with Crippen LogP contribution in [0.1, 0.15) is 56.4 Å². The van der Waals surface area contributed by atoms with Gasteiger partial charge in [-0.25, -0.2) is 0 Å². The standard InChI is InChI=1S/C54H43ClN2O/c1-53(2)42-24-13-12-22-38(42)40-31-36(29-30-44(40)53)57(46-27-15-23-39-37-21-11-14-25-43(37)54(3,4)52(39)46)47-32-41-50(58-49-28-16-26-45(55)51(41)49)33-48(47)56(34-17-7-5-8-18-34)35-19-9-6-10-20-35/h5-19,21-33,35H,20H2,1-4H3. The second-order valence-corrected chi connectivity index (χ2v) is 17.4. The summed E-state index contributed by atoms with van der Waals surface area (Å²) in [7, 11) is 0. The smallest absolute Gasteiger partial charge is 0.137 e. The predicted molar refractivity (Wildman–Crippen MR) is 244 cm³/mol. The molecule has 1 heterocycles. The Bertz CT molecular complexity index is 3020. The van der Waals surface area contributed by atoms with Crippen molar-refractivity contribution in [3.63, 3.8) is 0 Å². The first-order valence-corrected chi connectivity index (χ1v) is 20.7. The van der Waals surface area contributed by atoms with Gasteiger partial charge in [0.2, 0.25) is 0 Å². The number of benzene rings is 7. The molecule has 7 aromatic carbocycles. The van der Waals surface area contributed by atoms with E-state index in [-0.39, 0.29) is 16.9 Å². The third-order valence-corrected chi connectivity index (χ3v) is 13.3. The van der Waals surface area contributed by atoms with Gasteiger partial charge in [-0.1, -0.05) is 155 Å². The highest BCUT2D eigenvalue weighted by atomic mass is 35.5. The van der Waals surface area contributed by atoms with Gasteiger partial charge in [0.15, 0.2) is 0 Å². The summed E-state index contributed by atoms with van der Waals surface area (Å²) < 4.78 is 6.70. The van der Waals surface area contributed by atoms with Crippen LogP contribution in [0.5, 0.6) is 0 Å². The van der Waals surface area contributed by atoms with Gasteiger partial charge < -0.3 is 14.2 Å². The second-order valence-electron chi connectivity index (χ2n) is 17.0. The van der Waals surface area contributed by atoms with Gasteiger partial charge >= 0.3 is 0 Å². The molecule has 0 saturated carbocycles. The molecule has 4 heteroatoms. The number of anilines is 5. The average Bonchev–Trinajstić information content (AvgIpc) is 3.82. The zero-order valence-electron chi connectivity index (χ0n) is 33.1. The van der Waals surface area contributed by atoms with Crippen LogP contribution < -0.4 is 9.80 Å². The summed E-state index contributed by atoms with van der Waals surface area (Å²) >= 11 is 7.07. The Kier molecular flexibility index (Phi) is 7.74. The Balaban J connectivity index is 1.27. The molecule has 282 valence electrons. The molecule has 0 radical (unpaired) electrons. The minimum atomic E-state index is -0.266. The van der Waals surface area contributed by atoms with Gasteiger partial charge in [-0.15, -0.1) is 0 Å². The molecule has 58 heavy (non-hydrogen) atoms. The first-order valence-electron chi connectivity index (χ1n) is 20.3. The van der Waals surface area contributed by atoms with Gasteiger partial charge in [-0.2, -0.15) is 0 Å². The van der Waals surface area contributed by atoms with Crippen molar-refractivity contribution in [2.75, 3.05) is 9.80 Å². The van der Waals surface area contributed by atoms with Crippen LogP contribution in [0.4, 0.5) is 28.4 Å². The highest BCUT2D eigenvalue weighted by Crippen LogP contribution is 2.57. The zero-order chi connectivity index (χ0) is 39.3. The fraction of sp³-hybridized carbons (Fsp3) is 0.148. The number of para-hydroxylation sites is 1. The maximum Gasteiger partial charge on any atom is 0.137 e. The Morgan fingerprint density at radius 2 is 1.24 bits per heavy atom. The van der Waals surface area contributed by atoms with Gasteiger partial charge in [0.05, 0.1) is 28.1 Å². The van der Waals surface area contributed by atoms with Crippen LogP contribution in [0.15, 0.2) is 174 Å². The van der Waals surface area contributed by atoms with Crippen LogP contribution in [-0.4, -0.2) is 6.04 Å². The fourth-order valence-electron chi connectivity index (χ4n) is 10.3. The van der Waals surface area contributed by atoms with Crippen LogP contribution >= 0.6 is 11.6 Å². The predicted octanol–water partition coefficient (Wildman–Crippen LogP) is 15.3. The molecule has 3 aliphatic rings. The SMILES string of the molecule is CC1(C)c2ccccc2-c2cc(N(c3cc4c(cc3N(c3ccccc3)C3C=CC=CC3)oc3cccc(Cl)c34)c3cccc4c3C(C)(C)c3ccccc3-4)ccc21. The lowest BCUT2D eigenvalue weighted by atomic mass is 9.81. The van der Waals surface area contributed by atoms with Crippen molar-refractivity contribution < 1.29 is 4.42 Å². The highest BCUT2D eigenvalue weighted by molar-refractivity contribution is 6.37. The summed E-state index contributed by atoms with van der Waals surface area (Å²) in [5, 5.41) is 2.59. The van der Waals surface area contributed by atoms with E-state index in [0.717, 1.165) is 56.8 Å². The van der Waals surface area contributed by atoms with E-state index in [1.54, 1.807) is 0 Å². The van der Waals surface area contributed by atoms with Gasteiger partial charge in [-0.3, -0.25) is 0 Å². The van der Waals surface area contributed by atoms with Gasteiger partial charge in [0, 0.05) is 39.0 Å². The lowest BCUT2D eigenvalue weighted by molar-refractivity contribution is 0.659. The van der Waals surface area contributed by atoms with E-state index in [2.05, 4.69) is 189 Å². The van der Waals surface area contributed by atoms with Gasteiger partial charge in [0.25, 0.3) is 0 Å². The molecule has 0 spiro atoms. The van der Waals surface area contributed by atoms with Gasteiger partial charge in [-0.05, 0) is 99.5 Å². The summed E-state index contributed by atoms with van der Waals surface area (Å²) in [5.74, 6) is 0. The van der Waals surface area contributed by atoms with E-state index in [0.29, 0.717) is 5.02 Å². The highest BCUT2D eigenvalue weighted by Gasteiger charge is 2.41. The van der Waals surface area contributed by atoms with Crippen LogP contribution in [-0.2, 0) is 10.8 Å². The molecule has 0 saturated heterocycles. The molecule has 1 unspecified atom stereocenters. The number of fused-ring (bicyclic) bond motifs is 9. The molecule has 0 amide bonds. The third kappa shape index (κ3) is 5.06. The van der Waals surface area contributed by atoms with Crippen LogP contribution in [0.2, 0.25) is 5.02 Å². The molecule has 3 nitrogen and oxygen atoms in total. The summed E-state index contributed by atoms with van der Waals surface area (Å²) in [5.41, 5.74) is 17.1.